The van der Waals surface area contributed by atoms with Gasteiger partial charge in [0.05, 0.1) is 33.8 Å². The molecule has 2 aromatic heterocycles. The fourth-order valence-corrected chi connectivity index (χ4v) is 7.18. The number of nitrogens with zero attached hydrogens (tertiary/aromatic N) is 4. The number of fused-ring (bicyclic) bond motifs is 1. The average molecular weight is 860 g/mol. The largest absolute Gasteiger partial charge is 0.508 e. The maximum absolute atomic E-state index is 13.1. The number of hydrogen-bond donors (Lipinski definition) is 2. The van der Waals surface area contributed by atoms with Crippen molar-refractivity contribution in [3.8, 4) is 23.1 Å². The van der Waals surface area contributed by atoms with E-state index >= 15 is 0 Å². The van der Waals surface area contributed by atoms with Gasteiger partial charge in [0.1, 0.15) is 47.9 Å². The summed E-state index contributed by atoms with van der Waals surface area (Å²) in [6, 6.07) is 33.9. The number of nitrogens with one attached hydrogen (secondary N) is 1. The topological polar surface area (TPSA) is 184 Å². The Morgan fingerprint density at radius 1 is 0.857 bits per heavy atom. The lowest BCUT2D eigenvalue weighted by molar-refractivity contribution is -0.118. The molecule has 0 radical (unpaired) electrons. The molecule has 0 bridgehead atoms. The Kier molecular flexibility index (Phi) is 14.8. The van der Waals surface area contributed by atoms with Crippen molar-refractivity contribution in [3.05, 3.63) is 145 Å². The highest BCUT2D eigenvalue weighted by atomic mass is 16.7. The molecule has 0 spiro atoms. The van der Waals surface area contributed by atoms with Crippen molar-refractivity contribution in [2.45, 2.75) is 43.3 Å². The smallest absolute Gasteiger partial charge is 0.497 e. The second-order valence-electron chi connectivity index (χ2n) is 14.3. The fourth-order valence-electron chi connectivity index (χ4n) is 7.18. The average Bonchev–Trinajstić information content (AvgIpc) is 3.94. The van der Waals surface area contributed by atoms with Crippen LogP contribution in [0.3, 0.4) is 0 Å². The van der Waals surface area contributed by atoms with Gasteiger partial charge in [-0.15, -0.1) is 0 Å². The van der Waals surface area contributed by atoms with E-state index in [0.717, 1.165) is 16.7 Å². The number of aliphatic hydroxyl groups is 1. The third kappa shape index (κ3) is 10.5. The van der Waals surface area contributed by atoms with Gasteiger partial charge in [-0.1, -0.05) is 85.5 Å². The molecular weight excluding hydrogens is 811 g/mol. The molecule has 1 aliphatic rings. The first-order valence-corrected chi connectivity index (χ1v) is 20.4. The van der Waals surface area contributed by atoms with Crippen LogP contribution in [0, 0.1) is 0 Å². The van der Waals surface area contributed by atoms with Gasteiger partial charge in [-0.25, -0.2) is 9.78 Å². The molecule has 0 aliphatic carbocycles. The van der Waals surface area contributed by atoms with E-state index in [-0.39, 0.29) is 56.9 Å². The number of carbonyl (C=O) groups excluding carboxylic acids is 2. The number of rotatable bonds is 21. The minimum Gasteiger partial charge on any atom is -0.497 e. The van der Waals surface area contributed by atoms with Crippen LogP contribution in [0.2, 0.25) is 0 Å². The molecule has 1 aliphatic heterocycles. The molecular formula is C47H49N5O11. The number of aliphatic hydroxyl groups excluding tert-OH is 1. The molecule has 7 rings (SSSR count). The van der Waals surface area contributed by atoms with Gasteiger partial charge in [0.25, 0.3) is 5.91 Å². The third-order valence-electron chi connectivity index (χ3n) is 10.2. The zero-order valence-corrected chi connectivity index (χ0v) is 35.0. The molecule has 1 amide bonds. The number of unbranched alkanes of at least 4 members (excludes halogenated alkanes) is 1. The molecule has 6 aromatic rings. The lowest BCUT2D eigenvalue weighted by atomic mass is 9.80. The van der Waals surface area contributed by atoms with Crippen LogP contribution in [0.15, 0.2) is 128 Å². The van der Waals surface area contributed by atoms with Crippen LogP contribution >= 0.6 is 0 Å². The van der Waals surface area contributed by atoms with Gasteiger partial charge in [-0.05, 0) is 65.9 Å². The number of methoxy groups -OCH3 is 2. The SMILES string of the molecule is C=CCOC(=O)O[C@H]1C[C@H](n2cnc3c(OCCCCO)nc(NC(=O)COc4ccccc4)nc32)O[C@@H]1COC(c1ccccc1)(c1ccc(OC)cc1)c1ccc(OC)cc1. The number of para-hydroxylation sites is 1. The van der Waals surface area contributed by atoms with Crippen molar-refractivity contribution in [2.75, 3.05) is 52.6 Å². The van der Waals surface area contributed by atoms with E-state index in [1.165, 1.54) is 12.4 Å². The number of amides is 1. The van der Waals surface area contributed by atoms with Crippen LogP contribution in [-0.4, -0.2) is 96.2 Å². The lowest BCUT2D eigenvalue weighted by Gasteiger charge is -2.37. The van der Waals surface area contributed by atoms with Crippen LogP contribution in [0.1, 0.15) is 42.2 Å². The van der Waals surface area contributed by atoms with Crippen LogP contribution < -0.4 is 24.3 Å². The molecule has 0 saturated carbocycles. The van der Waals surface area contributed by atoms with E-state index in [2.05, 4.69) is 26.8 Å². The number of carbonyl (C=O) groups is 2. The predicted octanol–water partition coefficient (Wildman–Crippen LogP) is 7.02. The first-order chi connectivity index (χ1) is 30.8. The standard InChI is InChI=1S/C47H49N5O11/c1-4-26-59-46(55)63-38-28-41(52-31-48-42-43(52)50-45(51-44(42)58-27-12-11-25-53)49-40(54)30-60-37-15-9-6-10-16-37)62-39(38)29-61-47(32-13-7-5-8-14-32,33-17-21-35(56-2)22-18-33)34-19-23-36(57-3)24-20-34/h4-10,13-24,31,38-39,41,53H,1,11-12,25-30H2,2-3H3,(H,49,50,51,54)/t38-,39+,41+/m0/s1. The molecule has 328 valence electrons. The summed E-state index contributed by atoms with van der Waals surface area (Å²) in [4.78, 5) is 39.8. The van der Waals surface area contributed by atoms with Gasteiger partial charge < -0.3 is 43.0 Å². The van der Waals surface area contributed by atoms with Crippen molar-refractivity contribution in [2.24, 2.45) is 0 Å². The number of anilines is 1. The van der Waals surface area contributed by atoms with E-state index in [0.29, 0.717) is 35.6 Å². The van der Waals surface area contributed by atoms with E-state index in [1.807, 2.05) is 84.9 Å². The summed E-state index contributed by atoms with van der Waals surface area (Å²) in [6.45, 7) is 3.42. The Bertz CT molecular complexity index is 2370. The Labute approximate surface area is 364 Å². The second kappa shape index (κ2) is 21.2. The highest BCUT2D eigenvalue weighted by Gasteiger charge is 2.44. The quantitative estimate of drug-likeness (QED) is 0.0326. The maximum Gasteiger partial charge on any atom is 0.508 e. The molecule has 16 nitrogen and oxygen atoms in total. The van der Waals surface area contributed by atoms with Gasteiger partial charge in [0.15, 0.2) is 17.8 Å². The molecule has 63 heavy (non-hydrogen) atoms. The highest BCUT2D eigenvalue weighted by Crippen LogP contribution is 2.43. The summed E-state index contributed by atoms with van der Waals surface area (Å²) in [6.07, 6.45) is 0.707. The Morgan fingerprint density at radius 2 is 1.51 bits per heavy atom. The number of aromatic nitrogens is 4. The summed E-state index contributed by atoms with van der Waals surface area (Å²) >= 11 is 0. The van der Waals surface area contributed by atoms with Gasteiger partial charge in [-0.3, -0.25) is 14.7 Å². The van der Waals surface area contributed by atoms with Gasteiger partial charge in [0, 0.05) is 13.0 Å². The maximum atomic E-state index is 13.1. The molecule has 0 unspecified atom stereocenters. The zero-order chi connectivity index (χ0) is 44.0. The van der Waals surface area contributed by atoms with Crippen LogP contribution in [-0.2, 0) is 29.3 Å². The summed E-state index contributed by atoms with van der Waals surface area (Å²) in [5, 5.41) is 12.0. The first-order valence-electron chi connectivity index (χ1n) is 20.4. The van der Waals surface area contributed by atoms with Crippen LogP contribution in [0.5, 0.6) is 23.1 Å². The van der Waals surface area contributed by atoms with E-state index in [9.17, 15) is 14.7 Å². The summed E-state index contributed by atoms with van der Waals surface area (Å²) in [5.74, 6) is 1.40. The van der Waals surface area contributed by atoms with Gasteiger partial charge in [-0.2, -0.15) is 9.97 Å². The van der Waals surface area contributed by atoms with Crippen LogP contribution in [0.25, 0.3) is 11.2 Å². The Balaban J connectivity index is 1.23. The number of benzene rings is 4. The number of hydrogen-bond acceptors (Lipinski definition) is 14. The van der Waals surface area contributed by atoms with E-state index in [1.54, 1.807) is 43.1 Å². The van der Waals surface area contributed by atoms with Crippen molar-refractivity contribution in [1.82, 2.24) is 19.5 Å². The first kappa shape index (κ1) is 44.1. The van der Waals surface area contributed by atoms with Crippen molar-refractivity contribution >= 4 is 29.2 Å². The minimum absolute atomic E-state index is 0.000818. The third-order valence-corrected chi connectivity index (χ3v) is 10.2. The number of imidazole rings is 1. The van der Waals surface area contributed by atoms with Crippen molar-refractivity contribution < 1.29 is 52.6 Å². The Hall–Kier alpha value is -7.01. The summed E-state index contributed by atoms with van der Waals surface area (Å²) in [7, 11) is 3.21. The van der Waals surface area contributed by atoms with E-state index < -0.39 is 36.1 Å². The minimum atomic E-state index is -1.20. The molecule has 3 atom stereocenters. The van der Waals surface area contributed by atoms with Crippen LogP contribution in [0.4, 0.5) is 10.7 Å². The second-order valence-corrected chi connectivity index (χ2v) is 14.3. The summed E-state index contributed by atoms with van der Waals surface area (Å²) in [5.41, 5.74) is 1.78. The lowest BCUT2D eigenvalue weighted by Crippen LogP contribution is -2.39. The molecule has 3 heterocycles. The number of ether oxygens (including phenoxy) is 8. The summed E-state index contributed by atoms with van der Waals surface area (Å²) < 4.78 is 49.4. The fraction of sp³-hybridized carbons (Fsp3) is 0.298. The normalized spacial score (nSPS) is 16.0. The molecule has 1 fully saturated rings. The van der Waals surface area contributed by atoms with Gasteiger partial charge >= 0.3 is 6.16 Å². The van der Waals surface area contributed by atoms with E-state index in [4.69, 9.17) is 37.9 Å². The van der Waals surface area contributed by atoms with Crippen molar-refractivity contribution in [3.63, 3.8) is 0 Å². The monoisotopic (exact) mass is 859 g/mol. The molecule has 4 aromatic carbocycles. The predicted molar refractivity (Wildman–Crippen MR) is 231 cm³/mol. The van der Waals surface area contributed by atoms with Crippen molar-refractivity contribution in [1.29, 1.82) is 0 Å². The van der Waals surface area contributed by atoms with Gasteiger partial charge in [0.2, 0.25) is 11.8 Å². The molecule has 16 heteroatoms. The highest BCUT2D eigenvalue weighted by molar-refractivity contribution is 5.91. The Morgan fingerprint density at radius 3 is 2.14 bits per heavy atom. The zero-order valence-electron chi connectivity index (χ0n) is 35.0. The molecule has 1 saturated heterocycles. The molecule has 2 N–H and O–H groups in total.